The zero-order chi connectivity index (χ0) is 16.5. The van der Waals surface area contributed by atoms with E-state index in [2.05, 4.69) is 5.32 Å². The Morgan fingerprint density at radius 3 is 2.45 bits per heavy atom. The molecule has 22 heavy (non-hydrogen) atoms. The van der Waals surface area contributed by atoms with Crippen LogP contribution in [0.3, 0.4) is 0 Å². The highest BCUT2D eigenvalue weighted by Gasteiger charge is 2.19. The fraction of sp³-hybridized carbons (Fsp3) is 0.500. The van der Waals surface area contributed by atoms with Gasteiger partial charge in [-0.05, 0) is 24.1 Å². The first-order valence-electron chi connectivity index (χ1n) is 7.24. The monoisotopic (exact) mass is 309 g/mol. The van der Waals surface area contributed by atoms with Crippen molar-refractivity contribution >= 4 is 11.9 Å². The van der Waals surface area contributed by atoms with Crippen molar-refractivity contribution in [2.45, 2.75) is 38.6 Å². The highest BCUT2D eigenvalue weighted by atomic mass is 16.5. The van der Waals surface area contributed by atoms with E-state index in [9.17, 15) is 9.59 Å². The molecule has 1 aromatic rings. The molecule has 1 aromatic carbocycles. The quantitative estimate of drug-likeness (QED) is 0.729. The SMILES string of the molecule is CCCC[C@H](NC(=O)Cc1ccc(OC)c(OC)c1)C(=O)O. The van der Waals surface area contributed by atoms with Crippen LogP contribution in [0.5, 0.6) is 11.5 Å². The summed E-state index contributed by atoms with van der Waals surface area (Å²) in [7, 11) is 3.06. The number of unbranched alkanes of at least 4 members (excludes halogenated alkanes) is 1. The Bertz CT molecular complexity index is 515. The van der Waals surface area contributed by atoms with E-state index in [4.69, 9.17) is 14.6 Å². The van der Waals surface area contributed by atoms with E-state index in [1.807, 2.05) is 6.92 Å². The van der Waals surface area contributed by atoms with E-state index in [1.165, 1.54) is 14.2 Å². The normalized spacial score (nSPS) is 11.6. The molecule has 0 fully saturated rings. The molecular weight excluding hydrogens is 286 g/mol. The lowest BCUT2D eigenvalue weighted by molar-refractivity contribution is -0.142. The van der Waals surface area contributed by atoms with E-state index in [0.717, 1.165) is 18.4 Å². The molecule has 0 aliphatic carbocycles. The number of carboxylic acid groups (broad SMARTS) is 1. The van der Waals surface area contributed by atoms with Gasteiger partial charge in [-0.2, -0.15) is 0 Å². The van der Waals surface area contributed by atoms with Crippen LogP contribution in [0, 0.1) is 0 Å². The Balaban J connectivity index is 2.69. The second-order valence-electron chi connectivity index (χ2n) is 4.97. The summed E-state index contributed by atoms with van der Waals surface area (Å²) >= 11 is 0. The lowest BCUT2D eigenvalue weighted by atomic mass is 10.1. The molecule has 0 aliphatic rings. The van der Waals surface area contributed by atoms with Gasteiger partial charge in [-0.25, -0.2) is 4.79 Å². The number of amides is 1. The number of carbonyl (C=O) groups is 2. The van der Waals surface area contributed by atoms with Crippen molar-refractivity contribution in [1.82, 2.24) is 5.32 Å². The number of benzene rings is 1. The van der Waals surface area contributed by atoms with Gasteiger partial charge >= 0.3 is 5.97 Å². The van der Waals surface area contributed by atoms with Gasteiger partial charge in [-0.3, -0.25) is 4.79 Å². The summed E-state index contributed by atoms with van der Waals surface area (Å²) in [6.07, 6.45) is 2.17. The fourth-order valence-corrected chi connectivity index (χ4v) is 2.09. The van der Waals surface area contributed by atoms with E-state index >= 15 is 0 Å². The lowest BCUT2D eigenvalue weighted by Crippen LogP contribution is -2.41. The topological polar surface area (TPSA) is 84.9 Å². The van der Waals surface area contributed by atoms with Crippen LogP contribution in [-0.4, -0.2) is 37.2 Å². The maximum Gasteiger partial charge on any atom is 0.326 e. The van der Waals surface area contributed by atoms with Crippen LogP contribution in [-0.2, 0) is 16.0 Å². The van der Waals surface area contributed by atoms with Crippen LogP contribution < -0.4 is 14.8 Å². The lowest BCUT2D eigenvalue weighted by Gasteiger charge is -2.14. The van der Waals surface area contributed by atoms with Crippen molar-refractivity contribution in [3.63, 3.8) is 0 Å². The Hall–Kier alpha value is -2.24. The van der Waals surface area contributed by atoms with Gasteiger partial charge in [0.05, 0.1) is 20.6 Å². The fourth-order valence-electron chi connectivity index (χ4n) is 2.09. The standard InChI is InChI=1S/C16H23NO5/c1-4-5-6-12(16(19)20)17-15(18)10-11-7-8-13(21-2)14(9-11)22-3/h7-9,12H,4-6,10H2,1-3H3,(H,17,18)(H,19,20)/t12-/m0/s1. The van der Waals surface area contributed by atoms with Crippen LogP contribution >= 0.6 is 0 Å². The second kappa shape index (κ2) is 8.92. The van der Waals surface area contributed by atoms with Gasteiger partial charge in [0.2, 0.25) is 5.91 Å². The van der Waals surface area contributed by atoms with Crippen molar-refractivity contribution in [2.75, 3.05) is 14.2 Å². The van der Waals surface area contributed by atoms with Gasteiger partial charge < -0.3 is 19.9 Å². The molecule has 0 radical (unpaired) electrons. The summed E-state index contributed by atoms with van der Waals surface area (Å²) in [4.78, 5) is 23.1. The molecule has 0 spiro atoms. The van der Waals surface area contributed by atoms with E-state index < -0.39 is 12.0 Å². The molecule has 1 amide bonds. The molecule has 1 rings (SSSR count). The van der Waals surface area contributed by atoms with Gasteiger partial charge in [-0.1, -0.05) is 25.8 Å². The average Bonchev–Trinajstić information content (AvgIpc) is 2.50. The predicted molar refractivity (Wildman–Crippen MR) is 82.3 cm³/mol. The molecular formula is C16H23NO5. The Morgan fingerprint density at radius 1 is 1.23 bits per heavy atom. The number of ether oxygens (including phenoxy) is 2. The Kier molecular flexibility index (Phi) is 7.22. The first-order valence-corrected chi connectivity index (χ1v) is 7.24. The van der Waals surface area contributed by atoms with Gasteiger partial charge in [-0.15, -0.1) is 0 Å². The van der Waals surface area contributed by atoms with Crippen LogP contribution in [0.4, 0.5) is 0 Å². The third kappa shape index (κ3) is 5.27. The van der Waals surface area contributed by atoms with E-state index in [-0.39, 0.29) is 12.3 Å². The molecule has 0 saturated heterocycles. The van der Waals surface area contributed by atoms with Crippen LogP contribution in [0.15, 0.2) is 18.2 Å². The molecule has 0 unspecified atom stereocenters. The zero-order valence-corrected chi connectivity index (χ0v) is 13.2. The number of hydrogen-bond acceptors (Lipinski definition) is 4. The number of methoxy groups -OCH3 is 2. The van der Waals surface area contributed by atoms with Gasteiger partial charge in [0.15, 0.2) is 11.5 Å². The van der Waals surface area contributed by atoms with Crippen LogP contribution in [0.1, 0.15) is 31.7 Å². The van der Waals surface area contributed by atoms with Crippen molar-refractivity contribution in [3.8, 4) is 11.5 Å². The van der Waals surface area contributed by atoms with E-state index in [1.54, 1.807) is 18.2 Å². The highest BCUT2D eigenvalue weighted by Crippen LogP contribution is 2.27. The van der Waals surface area contributed by atoms with E-state index in [0.29, 0.717) is 17.9 Å². The van der Waals surface area contributed by atoms with Crippen molar-refractivity contribution < 1.29 is 24.2 Å². The molecule has 0 saturated carbocycles. The molecule has 0 heterocycles. The number of aliphatic carboxylic acids is 1. The molecule has 0 aliphatic heterocycles. The minimum absolute atomic E-state index is 0.0935. The summed E-state index contributed by atoms with van der Waals surface area (Å²) in [5.74, 6) is -0.212. The zero-order valence-electron chi connectivity index (χ0n) is 13.2. The number of nitrogens with one attached hydrogen (secondary N) is 1. The smallest absolute Gasteiger partial charge is 0.326 e. The number of carbonyl (C=O) groups excluding carboxylic acids is 1. The van der Waals surface area contributed by atoms with Crippen molar-refractivity contribution in [3.05, 3.63) is 23.8 Å². The van der Waals surface area contributed by atoms with Crippen LogP contribution in [0.2, 0.25) is 0 Å². The minimum atomic E-state index is -1.01. The summed E-state index contributed by atoms with van der Waals surface area (Å²) in [6.45, 7) is 1.98. The number of carboxylic acids is 1. The molecule has 0 aromatic heterocycles. The first kappa shape index (κ1) is 17.8. The van der Waals surface area contributed by atoms with Gasteiger partial charge in [0, 0.05) is 0 Å². The van der Waals surface area contributed by atoms with Crippen molar-refractivity contribution in [1.29, 1.82) is 0 Å². The third-order valence-corrected chi connectivity index (χ3v) is 3.29. The molecule has 6 nitrogen and oxygen atoms in total. The summed E-state index contributed by atoms with van der Waals surface area (Å²) in [5, 5.41) is 11.7. The molecule has 0 bridgehead atoms. The van der Waals surface area contributed by atoms with Gasteiger partial charge in [0.1, 0.15) is 6.04 Å². The Labute approximate surface area is 130 Å². The molecule has 6 heteroatoms. The van der Waals surface area contributed by atoms with Crippen molar-refractivity contribution in [2.24, 2.45) is 0 Å². The summed E-state index contributed by atoms with van der Waals surface area (Å²) in [6, 6.07) is 4.34. The largest absolute Gasteiger partial charge is 0.493 e. The maximum atomic E-state index is 12.0. The second-order valence-corrected chi connectivity index (χ2v) is 4.97. The highest BCUT2D eigenvalue weighted by molar-refractivity contribution is 5.84. The molecule has 122 valence electrons. The minimum Gasteiger partial charge on any atom is -0.493 e. The maximum absolute atomic E-state index is 12.0. The number of hydrogen-bond donors (Lipinski definition) is 2. The third-order valence-electron chi connectivity index (χ3n) is 3.29. The first-order chi connectivity index (χ1) is 10.5. The molecule has 1 atom stereocenters. The van der Waals surface area contributed by atoms with Gasteiger partial charge in [0.25, 0.3) is 0 Å². The summed E-state index contributed by atoms with van der Waals surface area (Å²) in [5.41, 5.74) is 0.731. The Morgan fingerprint density at radius 2 is 1.91 bits per heavy atom. The predicted octanol–water partition coefficient (Wildman–Crippen LogP) is 2.01. The summed E-state index contributed by atoms with van der Waals surface area (Å²) < 4.78 is 10.3. The average molecular weight is 309 g/mol. The van der Waals surface area contributed by atoms with Crippen LogP contribution in [0.25, 0.3) is 0 Å². The molecule has 2 N–H and O–H groups in total. The number of rotatable bonds is 9.